The summed E-state index contributed by atoms with van der Waals surface area (Å²) in [6.07, 6.45) is 8.19. The van der Waals surface area contributed by atoms with Crippen molar-refractivity contribution in [3.63, 3.8) is 0 Å². The summed E-state index contributed by atoms with van der Waals surface area (Å²) in [5.74, 6) is 4.63. The minimum Gasteiger partial charge on any atom is -0.489 e. The number of nitrogens with one attached hydrogen (secondary N) is 1. The molecule has 0 bridgehead atoms. The molecule has 0 spiro atoms. The van der Waals surface area contributed by atoms with E-state index in [0.29, 0.717) is 6.54 Å². The van der Waals surface area contributed by atoms with Gasteiger partial charge >= 0.3 is 0 Å². The average molecular weight is 256 g/mol. The second-order valence-corrected chi connectivity index (χ2v) is 5.39. The van der Waals surface area contributed by atoms with Gasteiger partial charge in [0, 0.05) is 25.2 Å². The molecule has 1 aromatic rings. The topological polar surface area (TPSA) is 24.5 Å². The predicted molar refractivity (Wildman–Crippen MR) is 77.3 cm³/mol. The summed E-state index contributed by atoms with van der Waals surface area (Å²) in [4.78, 5) is 2.35. The fourth-order valence-corrected chi connectivity index (χ4v) is 2.58. The molecular weight excluding hydrogens is 236 g/mol. The highest BCUT2D eigenvalue weighted by molar-refractivity contribution is 5.61. The van der Waals surface area contributed by atoms with Crippen LogP contribution in [0.3, 0.4) is 0 Å². The van der Waals surface area contributed by atoms with Crippen LogP contribution in [0.4, 0.5) is 5.69 Å². The number of hydrogen-bond acceptors (Lipinski definition) is 3. The molecule has 1 aliphatic carbocycles. The number of rotatable bonds is 5. The molecule has 19 heavy (non-hydrogen) atoms. The maximum atomic E-state index is 5.81. The van der Waals surface area contributed by atoms with E-state index in [2.05, 4.69) is 34.3 Å². The zero-order chi connectivity index (χ0) is 13.1. The number of nitrogens with zero attached hydrogens (tertiary/aromatic N) is 1. The van der Waals surface area contributed by atoms with Gasteiger partial charge in [0.25, 0.3) is 0 Å². The molecule has 1 saturated carbocycles. The monoisotopic (exact) mass is 256 g/mol. The van der Waals surface area contributed by atoms with E-state index in [-0.39, 0.29) is 0 Å². The van der Waals surface area contributed by atoms with E-state index in [9.17, 15) is 0 Å². The Balaban J connectivity index is 1.75. The highest BCUT2D eigenvalue weighted by Crippen LogP contribution is 2.34. The van der Waals surface area contributed by atoms with Crippen molar-refractivity contribution < 1.29 is 4.74 Å². The van der Waals surface area contributed by atoms with Crippen LogP contribution in [-0.2, 0) is 6.54 Å². The first kappa shape index (κ1) is 12.4. The Morgan fingerprint density at radius 1 is 1.42 bits per heavy atom. The van der Waals surface area contributed by atoms with Crippen molar-refractivity contribution in [2.45, 2.75) is 19.4 Å². The molecule has 100 valence electrons. The lowest BCUT2D eigenvalue weighted by molar-refractivity contribution is 0.272. The number of benzene rings is 1. The van der Waals surface area contributed by atoms with E-state index >= 15 is 0 Å². The third-order valence-corrected chi connectivity index (χ3v) is 3.68. The highest BCUT2D eigenvalue weighted by Gasteiger charge is 2.25. The van der Waals surface area contributed by atoms with Crippen LogP contribution in [0.1, 0.15) is 18.4 Å². The largest absolute Gasteiger partial charge is 0.489 e. The van der Waals surface area contributed by atoms with Crippen molar-refractivity contribution in [1.82, 2.24) is 4.90 Å². The molecule has 2 aliphatic rings. The van der Waals surface area contributed by atoms with E-state index in [1.165, 1.54) is 18.4 Å². The van der Waals surface area contributed by atoms with Gasteiger partial charge in [0.05, 0.1) is 12.2 Å². The van der Waals surface area contributed by atoms with Gasteiger partial charge in [0.1, 0.15) is 12.4 Å². The lowest BCUT2D eigenvalue weighted by Crippen LogP contribution is -2.27. The van der Waals surface area contributed by atoms with Crippen LogP contribution in [0, 0.1) is 18.3 Å². The lowest BCUT2D eigenvalue weighted by atomic mass is 10.1. The van der Waals surface area contributed by atoms with E-state index in [1.54, 1.807) is 0 Å². The zero-order valence-electron chi connectivity index (χ0n) is 11.2. The summed E-state index contributed by atoms with van der Waals surface area (Å²) >= 11 is 0. The van der Waals surface area contributed by atoms with E-state index in [1.807, 2.05) is 0 Å². The summed E-state index contributed by atoms with van der Waals surface area (Å²) in [7, 11) is 0. The molecule has 1 fully saturated rings. The maximum absolute atomic E-state index is 5.81. The number of hydrogen-bond donors (Lipinski definition) is 1. The maximum Gasteiger partial charge on any atom is 0.146 e. The molecule has 1 heterocycles. The number of ether oxygens (including phenoxy) is 1. The Morgan fingerprint density at radius 3 is 3.11 bits per heavy atom. The smallest absolute Gasteiger partial charge is 0.146 e. The molecule has 0 amide bonds. The van der Waals surface area contributed by atoms with Crippen molar-refractivity contribution in [3.8, 4) is 18.1 Å². The molecule has 3 rings (SSSR count). The second kappa shape index (κ2) is 5.54. The molecule has 1 aromatic carbocycles. The minimum absolute atomic E-state index is 0.716. The Morgan fingerprint density at radius 2 is 2.32 bits per heavy atom. The fraction of sp³-hybridized carbons (Fsp3) is 0.500. The van der Waals surface area contributed by atoms with Crippen molar-refractivity contribution in [2.24, 2.45) is 5.92 Å². The second-order valence-electron chi connectivity index (χ2n) is 5.39. The standard InChI is InChI=1S/C16H20N2O/c1-2-9-18(11-13-6-7-13)12-14-4-3-5-15-16(14)19-10-8-17-15/h1,3-5,13,17H,6-12H2. The Labute approximate surface area is 114 Å². The van der Waals surface area contributed by atoms with Gasteiger partial charge in [0.2, 0.25) is 0 Å². The van der Waals surface area contributed by atoms with Crippen LogP contribution < -0.4 is 10.1 Å². The first-order valence-corrected chi connectivity index (χ1v) is 7.01. The molecule has 1 N–H and O–H groups in total. The Kier molecular flexibility index (Phi) is 3.61. The van der Waals surface area contributed by atoms with Gasteiger partial charge in [0.15, 0.2) is 0 Å². The third-order valence-electron chi connectivity index (χ3n) is 3.68. The first-order chi connectivity index (χ1) is 9.36. The van der Waals surface area contributed by atoms with Gasteiger partial charge < -0.3 is 10.1 Å². The summed E-state index contributed by atoms with van der Waals surface area (Å²) in [5, 5.41) is 3.38. The van der Waals surface area contributed by atoms with Crippen molar-refractivity contribution in [2.75, 3.05) is 31.6 Å². The van der Waals surface area contributed by atoms with Crippen LogP contribution in [0.5, 0.6) is 5.75 Å². The molecule has 0 atom stereocenters. The van der Waals surface area contributed by atoms with Gasteiger partial charge in [-0.15, -0.1) is 6.42 Å². The quantitative estimate of drug-likeness (QED) is 0.818. The SMILES string of the molecule is C#CCN(Cc1cccc2c1OCCN2)CC1CC1. The summed E-state index contributed by atoms with van der Waals surface area (Å²) < 4.78 is 5.81. The van der Waals surface area contributed by atoms with Gasteiger partial charge in [-0.2, -0.15) is 0 Å². The van der Waals surface area contributed by atoms with Crippen LogP contribution in [0.25, 0.3) is 0 Å². The Bertz CT molecular complexity index is 488. The van der Waals surface area contributed by atoms with E-state index in [0.717, 1.165) is 43.6 Å². The zero-order valence-corrected chi connectivity index (χ0v) is 11.2. The van der Waals surface area contributed by atoms with Crippen LogP contribution in [0.15, 0.2) is 18.2 Å². The molecule has 0 saturated heterocycles. The highest BCUT2D eigenvalue weighted by atomic mass is 16.5. The molecule has 1 aliphatic heterocycles. The van der Waals surface area contributed by atoms with Gasteiger partial charge in [-0.05, 0) is 24.8 Å². The van der Waals surface area contributed by atoms with Gasteiger partial charge in [-0.1, -0.05) is 18.1 Å². The molecule has 3 heteroatoms. The van der Waals surface area contributed by atoms with E-state index in [4.69, 9.17) is 11.2 Å². The van der Waals surface area contributed by atoms with Crippen molar-refractivity contribution >= 4 is 5.69 Å². The summed E-state index contributed by atoms with van der Waals surface area (Å²) in [5.41, 5.74) is 2.34. The van der Waals surface area contributed by atoms with Crippen LogP contribution >= 0.6 is 0 Å². The van der Waals surface area contributed by atoms with Gasteiger partial charge in [-0.25, -0.2) is 0 Å². The summed E-state index contributed by atoms with van der Waals surface area (Å²) in [6.45, 7) is 4.33. The fourth-order valence-electron chi connectivity index (χ4n) is 2.58. The third kappa shape index (κ3) is 3.02. The number of para-hydroxylation sites is 1. The van der Waals surface area contributed by atoms with E-state index < -0.39 is 0 Å². The molecule has 0 radical (unpaired) electrons. The lowest BCUT2D eigenvalue weighted by Gasteiger charge is -2.25. The van der Waals surface area contributed by atoms with Gasteiger partial charge in [-0.3, -0.25) is 4.90 Å². The Hall–Kier alpha value is -1.66. The first-order valence-electron chi connectivity index (χ1n) is 7.01. The van der Waals surface area contributed by atoms with Crippen molar-refractivity contribution in [3.05, 3.63) is 23.8 Å². The van der Waals surface area contributed by atoms with Crippen LogP contribution in [0.2, 0.25) is 0 Å². The molecule has 0 aromatic heterocycles. The van der Waals surface area contributed by atoms with Crippen molar-refractivity contribution in [1.29, 1.82) is 0 Å². The number of fused-ring (bicyclic) bond motifs is 1. The predicted octanol–water partition coefficient (Wildman–Crippen LogP) is 2.34. The average Bonchev–Trinajstić information content (AvgIpc) is 3.23. The summed E-state index contributed by atoms with van der Waals surface area (Å²) in [6, 6.07) is 6.30. The minimum atomic E-state index is 0.716. The molecular formula is C16H20N2O. The molecule has 3 nitrogen and oxygen atoms in total. The van der Waals surface area contributed by atoms with Crippen LogP contribution in [-0.4, -0.2) is 31.1 Å². The number of anilines is 1. The molecule has 0 unspecified atom stereocenters. The number of terminal acetylenes is 1. The normalized spacial score (nSPS) is 17.3.